The van der Waals surface area contributed by atoms with Gasteiger partial charge in [-0.2, -0.15) is 19.7 Å². The number of nitrogens with zero attached hydrogens (tertiary/aromatic N) is 7. The first-order chi connectivity index (χ1) is 13.5. The molecule has 0 spiro atoms. The van der Waals surface area contributed by atoms with Crippen molar-refractivity contribution in [3.05, 3.63) is 40.6 Å². The summed E-state index contributed by atoms with van der Waals surface area (Å²) in [4.78, 5) is 22.8. The maximum Gasteiger partial charge on any atom is 0.266 e. The van der Waals surface area contributed by atoms with Crippen LogP contribution in [0.2, 0.25) is 0 Å². The van der Waals surface area contributed by atoms with Crippen LogP contribution in [0.4, 0.5) is 11.6 Å². The molecule has 4 rings (SSSR count). The van der Waals surface area contributed by atoms with Gasteiger partial charge in [0.2, 0.25) is 0 Å². The van der Waals surface area contributed by atoms with Gasteiger partial charge in [0.15, 0.2) is 0 Å². The standard InChI is InChI=1S/C19H26N8O/c1-13(2)15-10-17(27-19(23-15)21-12-22-27)20-11-14-6-4-5-9-26(14)16-7-8-18(28)25(3)24-16/h7-8,10,12-14,20H,4-6,9,11H2,1-3H3. The average molecular weight is 382 g/mol. The van der Waals surface area contributed by atoms with E-state index >= 15 is 0 Å². The number of fused-ring (bicyclic) bond motifs is 1. The molecule has 9 nitrogen and oxygen atoms in total. The number of aryl methyl sites for hydroxylation is 1. The third-order valence-electron chi connectivity index (χ3n) is 5.25. The molecule has 3 aromatic rings. The van der Waals surface area contributed by atoms with Crippen molar-refractivity contribution in [3.63, 3.8) is 0 Å². The van der Waals surface area contributed by atoms with Crippen LogP contribution in [0.1, 0.15) is 44.7 Å². The van der Waals surface area contributed by atoms with Crippen molar-refractivity contribution in [2.75, 3.05) is 23.3 Å². The molecule has 0 radical (unpaired) electrons. The average Bonchev–Trinajstić information content (AvgIpc) is 3.17. The molecule has 0 aliphatic carbocycles. The van der Waals surface area contributed by atoms with E-state index < -0.39 is 0 Å². The Labute approximate surface area is 163 Å². The Morgan fingerprint density at radius 2 is 2.14 bits per heavy atom. The zero-order chi connectivity index (χ0) is 19.7. The van der Waals surface area contributed by atoms with Gasteiger partial charge in [-0.3, -0.25) is 4.79 Å². The zero-order valence-corrected chi connectivity index (χ0v) is 16.5. The van der Waals surface area contributed by atoms with Crippen molar-refractivity contribution < 1.29 is 0 Å². The first-order valence-electron chi connectivity index (χ1n) is 9.78. The minimum Gasteiger partial charge on any atom is -0.368 e. The quantitative estimate of drug-likeness (QED) is 0.719. The minimum atomic E-state index is -0.0954. The molecule has 1 atom stereocenters. The van der Waals surface area contributed by atoms with E-state index in [4.69, 9.17) is 0 Å². The lowest BCUT2D eigenvalue weighted by Gasteiger charge is -2.36. The Kier molecular flexibility index (Phi) is 4.97. The van der Waals surface area contributed by atoms with E-state index in [0.717, 1.165) is 43.3 Å². The summed E-state index contributed by atoms with van der Waals surface area (Å²) in [5, 5.41) is 12.3. The van der Waals surface area contributed by atoms with Crippen LogP contribution >= 0.6 is 0 Å². The fourth-order valence-corrected chi connectivity index (χ4v) is 3.63. The lowest BCUT2D eigenvalue weighted by molar-refractivity contribution is 0.464. The Morgan fingerprint density at radius 1 is 1.29 bits per heavy atom. The molecule has 1 aliphatic rings. The second kappa shape index (κ2) is 7.57. The molecular weight excluding hydrogens is 356 g/mol. The molecule has 1 saturated heterocycles. The molecule has 0 amide bonds. The van der Waals surface area contributed by atoms with Gasteiger partial charge in [0.25, 0.3) is 11.3 Å². The largest absolute Gasteiger partial charge is 0.368 e. The van der Waals surface area contributed by atoms with E-state index in [1.54, 1.807) is 17.6 Å². The number of piperidine rings is 1. The Balaban J connectivity index is 1.57. The highest BCUT2D eigenvalue weighted by Gasteiger charge is 2.24. The lowest BCUT2D eigenvalue weighted by atomic mass is 10.0. The zero-order valence-electron chi connectivity index (χ0n) is 16.5. The summed E-state index contributed by atoms with van der Waals surface area (Å²) >= 11 is 0. The van der Waals surface area contributed by atoms with Gasteiger partial charge < -0.3 is 10.2 Å². The molecule has 0 aromatic carbocycles. The van der Waals surface area contributed by atoms with Gasteiger partial charge in [0.1, 0.15) is 18.0 Å². The molecule has 9 heteroatoms. The number of aromatic nitrogens is 6. The van der Waals surface area contributed by atoms with Crippen LogP contribution in [0.15, 0.2) is 29.3 Å². The van der Waals surface area contributed by atoms with Gasteiger partial charge in [-0.1, -0.05) is 13.8 Å². The normalized spacial score (nSPS) is 17.4. The van der Waals surface area contributed by atoms with E-state index in [0.29, 0.717) is 11.7 Å². The van der Waals surface area contributed by atoms with Crippen LogP contribution in [0.25, 0.3) is 5.78 Å². The van der Waals surface area contributed by atoms with E-state index in [1.807, 2.05) is 12.1 Å². The second-order valence-corrected chi connectivity index (χ2v) is 7.57. The summed E-state index contributed by atoms with van der Waals surface area (Å²) in [5.74, 6) is 2.65. The van der Waals surface area contributed by atoms with Crippen LogP contribution in [0.3, 0.4) is 0 Å². The summed E-state index contributed by atoms with van der Waals surface area (Å²) in [5.41, 5.74) is 0.894. The van der Waals surface area contributed by atoms with Crippen molar-refractivity contribution in [1.29, 1.82) is 0 Å². The Hall–Kier alpha value is -2.97. The highest BCUT2D eigenvalue weighted by atomic mass is 16.1. The fourth-order valence-electron chi connectivity index (χ4n) is 3.63. The molecule has 0 saturated carbocycles. The van der Waals surface area contributed by atoms with Crippen molar-refractivity contribution in [3.8, 4) is 0 Å². The first-order valence-corrected chi connectivity index (χ1v) is 9.78. The number of anilines is 2. The van der Waals surface area contributed by atoms with Crippen LogP contribution in [-0.4, -0.2) is 48.5 Å². The topological polar surface area (TPSA) is 93.2 Å². The minimum absolute atomic E-state index is 0.0954. The molecule has 148 valence electrons. The smallest absolute Gasteiger partial charge is 0.266 e. The van der Waals surface area contributed by atoms with Crippen molar-refractivity contribution in [2.45, 2.75) is 45.1 Å². The molecular formula is C19H26N8O. The van der Waals surface area contributed by atoms with Gasteiger partial charge in [-0.25, -0.2) is 9.67 Å². The van der Waals surface area contributed by atoms with Crippen LogP contribution < -0.4 is 15.8 Å². The van der Waals surface area contributed by atoms with Gasteiger partial charge in [-0.15, -0.1) is 0 Å². The van der Waals surface area contributed by atoms with Crippen LogP contribution in [-0.2, 0) is 7.05 Å². The summed E-state index contributed by atoms with van der Waals surface area (Å²) in [6.07, 6.45) is 4.90. The highest BCUT2D eigenvalue weighted by Crippen LogP contribution is 2.23. The van der Waals surface area contributed by atoms with E-state index in [1.165, 1.54) is 17.4 Å². The summed E-state index contributed by atoms with van der Waals surface area (Å²) in [7, 11) is 1.69. The van der Waals surface area contributed by atoms with E-state index in [-0.39, 0.29) is 11.6 Å². The van der Waals surface area contributed by atoms with Gasteiger partial charge in [0.05, 0.1) is 5.69 Å². The third-order valence-corrected chi connectivity index (χ3v) is 5.25. The van der Waals surface area contributed by atoms with E-state index in [2.05, 4.69) is 44.2 Å². The molecule has 1 N–H and O–H groups in total. The number of rotatable bonds is 5. The first kappa shape index (κ1) is 18.4. The molecule has 1 aliphatic heterocycles. The Bertz CT molecular complexity index is 1020. The van der Waals surface area contributed by atoms with Crippen LogP contribution in [0.5, 0.6) is 0 Å². The third kappa shape index (κ3) is 3.56. The predicted molar refractivity (Wildman–Crippen MR) is 108 cm³/mol. The van der Waals surface area contributed by atoms with E-state index in [9.17, 15) is 4.79 Å². The summed E-state index contributed by atoms with van der Waals surface area (Å²) in [6.45, 7) is 5.92. The highest BCUT2D eigenvalue weighted by molar-refractivity contribution is 5.47. The second-order valence-electron chi connectivity index (χ2n) is 7.57. The molecule has 1 fully saturated rings. The Morgan fingerprint density at radius 3 is 2.93 bits per heavy atom. The van der Waals surface area contributed by atoms with Gasteiger partial charge >= 0.3 is 0 Å². The molecule has 4 heterocycles. The maximum atomic E-state index is 11.7. The SMILES string of the molecule is CC(C)c1cc(NCC2CCCCN2c2ccc(=O)n(C)n2)n2ncnc2n1. The number of hydrogen-bond acceptors (Lipinski definition) is 7. The fraction of sp³-hybridized carbons (Fsp3) is 0.526. The maximum absolute atomic E-state index is 11.7. The summed E-state index contributed by atoms with van der Waals surface area (Å²) in [6, 6.07) is 5.73. The van der Waals surface area contributed by atoms with Crippen molar-refractivity contribution in [2.24, 2.45) is 7.05 Å². The van der Waals surface area contributed by atoms with Crippen molar-refractivity contribution in [1.82, 2.24) is 29.4 Å². The lowest BCUT2D eigenvalue weighted by Crippen LogP contribution is -2.45. The molecule has 3 aromatic heterocycles. The van der Waals surface area contributed by atoms with Crippen LogP contribution in [0, 0.1) is 0 Å². The van der Waals surface area contributed by atoms with Crippen molar-refractivity contribution >= 4 is 17.4 Å². The number of nitrogens with one attached hydrogen (secondary N) is 1. The molecule has 0 bridgehead atoms. The monoisotopic (exact) mass is 382 g/mol. The molecule has 28 heavy (non-hydrogen) atoms. The van der Waals surface area contributed by atoms with Gasteiger partial charge in [-0.05, 0) is 31.2 Å². The molecule has 1 unspecified atom stereocenters. The predicted octanol–water partition coefficient (Wildman–Crippen LogP) is 1.81. The summed E-state index contributed by atoms with van der Waals surface area (Å²) < 4.78 is 3.13. The van der Waals surface area contributed by atoms with Gasteiger partial charge in [0, 0.05) is 38.3 Å². The number of hydrogen-bond donors (Lipinski definition) is 1.